The number of halogens is 3. The summed E-state index contributed by atoms with van der Waals surface area (Å²) in [5.74, 6) is 0.668. The van der Waals surface area contributed by atoms with E-state index in [9.17, 15) is 0 Å². The average Bonchev–Trinajstić information content (AvgIpc) is 2.32. The van der Waals surface area contributed by atoms with Crippen LogP contribution in [0.25, 0.3) is 0 Å². The van der Waals surface area contributed by atoms with Crippen molar-refractivity contribution in [2.45, 2.75) is 0 Å². The molecule has 0 bridgehead atoms. The van der Waals surface area contributed by atoms with E-state index in [0.29, 0.717) is 16.3 Å². The summed E-state index contributed by atoms with van der Waals surface area (Å²) in [4.78, 5) is 3.96. The molecule has 0 spiro atoms. The maximum atomic E-state index is 8.82. The molecule has 6 heteroatoms. The van der Waals surface area contributed by atoms with Gasteiger partial charge in [0.2, 0.25) is 5.88 Å². The molecule has 2 rings (SSSR count). The highest BCUT2D eigenvalue weighted by molar-refractivity contribution is 9.10. The van der Waals surface area contributed by atoms with Crippen LogP contribution in [0.3, 0.4) is 0 Å². The standard InChI is InChI=1S/C12H5BrCl2N2O/c13-8-1-2-10(9(14)5-8)18-12-4-7(6-16)3-11(15)17-12/h1-5H. The highest BCUT2D eigenvalue weighted by Crippen LogP contribution is 2.31. The molecule has 0 amide bonds. The second kappa shape index (κ2) is 5.57. The summed E-state index contributed by atoms with van der Waals surface area (Å²) < 4.78 is 6.33. The van der Waals surface area contributed by atoms with Crippen LogP contribution < -0.4 is 4.74 Å². The monoisotopic (exact) mass is 342 g/mol. The molecule has 0 atom stereocenters. The van der Waals surface area contributed by atoms with Crippen LogP contribution in [0.2, 0.25) is 10.2 Å². The van der Waals surface area contributed by atoms with Crippen molar-refractivity contribution < 1.29 is 4.74 Å². The second-order valence-corrected chi connectivity index (χ2v) is 5.02. The van der Waals surface area contributed by atoms with E-state index in [1.807, 2.05) is 6.07 Å². The zero-order valence-corrected chi connectivity index (χ0v) is 11.9. The van der Waals surface area contributed by atoms with Crippen molar-refractivity contribution in [3.05, 3.63) is 50.5 Å². The van der Waals surface area contributed by atoms with E-state index < -0.39 is 0 Å². The van der Waals surface area contributed by atoms with Crippen molar-refractivity contribution in [3.63, 3.8) is 0 Å². The lowest BCUT2D eigenvalue weighted by atomic mass is 10.3. The maximum absolute atomic E-state index is 8.82. The molecule has 0 saturated carbocycles. The van der Waals surface area contributed by atoms with Gasteiger partial charge in [0.15, 0.2) is 0 Å². The maximum Gasteiger partial charge on any atom is 0.222 e. The SMILES string of the molecule is N#Cc1cc(Cl)nc(Oc2ccc(Br)cc2Cl)c1. The lowest BCUT2D eigenvalue weighted by molar-refractivity contribution is 0.463. The van der Waals surface area contributed by atoms with E-state index in [0.717, 1.165) is 4.47 Å². The summed E-state index contributed by atoms with van der Waals surface area (Å²) >= 11 is 15.1. The van der Waals surface area contributed by atoms with Gasteiger partial charge in [0.1, 0.15) is 10.9 Å². The van der Waals surface area contributed by atoms with Gasteiger partial charge in [-0.15, -0.1) is 0 Å². The molecule has 1 heterocycles. The first kappa shape index (κ1) is 13.2. The first-order valence-electron chi connectivity index (χ1n) is 4.79. The molecule has 90 valence electrons. The Bertz CT molecular complexity index is 640. The molecular formula is C12H5BrCl2N2O. The molecule has 18 heavy (non-hydrogen) atoms. The minimum absolute atomic E-state index is 0.192. The van der Waals surface area contributed by atoms with Gasteiger partial charge in [0.05, 0.1) is 16.7 Å². The molecule has 0 N–H and O–H groups in total. The minimum Gasteiger partial charge on any atom is -0.437 e. The van der Waals surface area contributed by atoms with Gasteiger partial charge in [-0.3, -0.25) is 0 Å². The largest absolute Gasteiger partial charge is 0.437 e. The molecule has 0 aliphatic rings. The Kier molecular flexibility index (Phi) is 4.07. The Morgan fingerprint density at radius 3 is 2.67 bits per heavy atom. The van der Waals surface area contributed by atoms with Crippen molar-refractivity contribution in [2.24, 2.45) is 0 Å². The summed E-state index contributed by atoms with van der Waals surface area (Å²) in [5, 5.41) is 9.45. The number of hydrogen-bond donors (Lipinski definition) is 0. The van der Waals surface area contributed by atoms with Gasteiger partial charge in [-0.2, -0.15) is 5.26 Å². The van der Waals surface area contributed by atoms with Crippen LogP contribution in [0, 0.1) is 11.3 Å². The van der Waals surface area contributed by atoms with E-state index in [4.69, 9.17) is 33.2 Å². The molecule has 3 nitrogen and oxygen atoms in total. The Balaban J connectivity index is 2.34. The van der Waals surface area contributed by atoms with Gasteiger partial charge < -0.3 is 4.74 Å². The van der Waals surface area contributed by atoms with Crippen molar-refractivity contribution >= 4 is 39.1 Å². The fourth-order valence-electron chi connectivity index (χ4n) is 1.26. The summed E-state index contributed by atoms with van der Waals surface area (Å²) in [7, 11) is 0. The second-order valence-electron chi connectivity index (χ2n) is 3.31. The van der Waals surface area contributed by atoms with Crippen LogP contribution in [-0.2, 0) is 0 Å². The molecule has 0 fully saturated rings. The third kappa shape index (κ3) is 3.14. The van der Waals surface area contributed by atoms with E-state index >= 15 is 0 Å². The summed E-state index contributed by atoms with van der Waals surface area (Å²) in [6, 6.07) is 10.1. The topological polar surface area (TPSA) is 45.9 Å². The number of aromatic nitrogens is 1. The highest BCUT2D eigenvalue weighted by atomic mass is 79.9. The summed E-state index contributed by atoms with van der Waals surface area (Å²) in [5.41, 5.74) is 0.373. The number of ether oxygens (including phenoxy) is 1. The summed E-state index contributed by atoms with van der Waals surface area (Å²) in [6.07, 6.45) is 0. The third-order valence-corrected chi connectivity index (χ3v) is 2.99. The third-order valence-electron chi connectivity index (χ3n) is 2.01. The Labute approximate surface area is 122 Å². The molecule has 0 radical (unpaired) electrons. The fraction of sp³-hybridized carbons (Fsp3) is 0. The first-order chi connectivity index (χ1) is 8.58. The number of pyridine rings is 1. The Hall–Kier alpha value is -1.28. The number of hydrogen-bond acceptors (Lipinski definition) is 3. The van der Waals surface area contributed by atoms with Crippen LogP contribution in [-0.4, -0.2) is 4.98 Å². The lowest BCUT2D eigenvalue weighted by Gasteiger charge is -2.07. The van der Waals surface area contributed by atoms with Gasteiger partial charge in [-0.25, -0.2) is 4.98 Å². The average molecular weight is 344 g/mol. The quantitative estimate of drug-likeness (QED) is 0.734. The number of benzene rings is 1. The number of nitriles is 1. The van der Waals surface area contributed by atoms with Crippen molar-refractivity contribution in [3.8, 4) is 17.7 Å². The van der Waals surface area contributed by atoms with Crippen LogP contribution in [0.4, 0.5) is 0 Å². The van der Waals surface area contributed by atoms with Crippen LogP contribution in [0.15, 0.2) is 34.8 Å². The summed E-state index contributed by atoms with van der Waals surface area (Å²) in [6.45, 7) is 0. The number of nitrogens with zero attached hydrogens (tertiary/aromatic N) is 2. The Morgan fingerprint density at radius 2 is 2.00 bits per heavy atom. The molecule has 1 aromatic carbocycles. The van der Waals surface area contributed by atoms with Crippen LogP contribution in [0.1, 0.15) is 5.56 Å². The van der Waals surface area contributed by atoms with Gasteiger partial charge in [0.25, 0.3) is 0 Å². The number of rotatable bonds is 2. The molecule has 0 unspecified atom stereocenters. The Morgan fingerprint density at radius 1 is 1.22 bits per heavy atom. The smallest absolute Gasteiger partial charge is 0.222 e. The van der Waals surface area contributed by atoms with Gasteiger partial charge in [-0.05, 0) is 24.3 Å². The molecule has 2 aromatic rings. The van der Waals surface area contributed by atoms with E-state index in [2.05, 4.69) is 20.9 Å². The van der Waals surface area contributed by atoms with Crippen molar-refractivity contribution in [1.82, 2.24) is 4.98 Å². The first-order valence-corrected chi connectivity index (χ1v) is 6.34. The van der Waals surface area contributed by atoms with Gasteiger partial charge in [-0.1, -0.05) is 39.1 Å². The zero-order chi connectivity index (χ0) is 13.1. The molecule has 0 aliphatic heterocycles. The van der Waals surface area contributed by atoms with Crippen LogP contribution in [0.5, 0.6) is 11.6 Å². The predicted molar refractivity (Wildman–Crippen MR) is 73.2 cm³/mol. The van der Waals surface area contributed by atoms with Crippen molar-refractivity contribution in [1.29, 1.82) is 5.26 Å². The van der Waals surface area contributed by atoms with Gasteiger partial charge >= 0.3 is 0 Å². The predicted octanol–water partition coefficient (Wildman–Crippen LogP) is 4.81. The highest BCUT2D eigenvalue weighted by Gasteiger charge is 2.07. The molecule has 1 aromatic heterocycles. The lowest BCUT2D eigenvalue weighted by Crippen LogP contribution is -1.90. The molecular weight excluding hydrogens is 339 g/mol. The molecule has 0 aliphatic carbocycles. The normalized spacial score (nSPS) is 9.89. The molecule has 0 saturated heterocycles. The zero-order valence-electron chi connectivity index (χ0n) is 8.82. The van der Waals surface area contributed by atoms with E-state index in [1.54, 1.807) is 18.2 Å². The van der Waals surface area contributed by atoms with E-state index in [1.165, 1.54) is 12.1 Å². The van der Waals surface area contributed by atoms with Gasteiger partial charge in [0, 0.05) is 10.5 Å². The van der Waals surface area contributed by atoms with Crippen molar-refractivity contribution in [2.75, 3.05) is 0 Å². The van der Waals surface area contributed by atoms with Crippen LogP contribution >= 0.6 is 39.1 Å². The van der Waals surface area contributed by atoms with E-state index in [-0.39, 0.29) is 11.0 Å². The minimum atomic E-state index is 0.192. The fourth-order valence-corrected chi connectivity index (χ4v) is 2.17.